The average molecular weight is 419 g/mol. The minimum atomic E-state index is -0.352. The fraction of sp³-hybridized carbons (Fsp3) is 0.263. The Hall–Kier alpha value is -2.42. The van der Waals surface area contributed by atoms with Crippen molar-refractivity contribution in [2.75, 3.05) is 19.1 Å². The van der Waals surface area contributed by atoms with Crippen molar-refractivity contribution >= 4 is 36.0 Å². The summed E-state index contributed by atoms with van der Waals surface area (Å²) in [4.78, 5) is 29.0. The van der Waals surface area contributed by atoms with Crippen LogP contribution in [0, 0.1) is 0 Å². The van der Waals surface area contributed by atoms with Crippen LogP contribution in [0.5, 0.6) is 0 Å². The number of rotatable bonds is 8. The van der Waals surface area contributed by atoms with Gasteiger partial charge < -0.3 is 10.1 Å². The highest BCUT2D eigenvalue weighted by Gasteiger charge is 2.23. The number of hydrogen-bond acceptors (Lipinski definition) is 6. The van der Waals surface area contributed by atoms with E-state index in [2.05, 4.69) is 22.1 Å². The number of amides is 1. The van der Waals surface area contributed by atoms with Gasteiger partial charge in [-0.2, -0.15) is 5.10 Å². The Morgan fingerprint density at radius 1 is 1.43 bits per heavy atom. The van der Waals surface area contributed by atoms with Crippen molar-refractivity contribution in [2.45, 2.75) is 12.5 Å². The number of nitrogens with one attached hydrogen (secondary N) is 1. The topological polar surface area (TPSA) is 85.6 Å². The van der Waals surface area contributed by atoms with E-state index >= 15 is 0 Å². The van der Waals surface area contributed by atoms with E-state index in [-0.39, 0.29) is 23.2 Å². The molecule has 0 spiro atoms. The highest BCUT2D eigenvalue weighted by molar-refractivity contribution is 8.03. The molecule has 7 nitrogen and oxygen atoms in total. The molecule has 1 amide bonds. The van der Waals surface area contributed by atoms with Crippen molar-refractivity contribution in [1.82, 2.24) is 15.1 Å². The first-order chi connectivity index (χ1) is 13.6. The number of carbonyl (C=O) groups is 1. The number of nitrogens with zero attached hydrogens (tertiary/aromatic N) is 3. The summed E-state index contributed by atoms with van der Waals surface area (Å²) in [5.41, 5.74) is 0.982. The highest BCUT2D eigenvalue weighted by atomic mass is 35.5. The number of carbonyl (C=O) groups excluding carboxylic acids is 1. The van der Waals surface area contributed by atoms with Crippen LogP contribution in [0.4, 0.5) is 0 Å². The van der Waals surface area contributed by atoms with E-state index in [0.717, 1.165) is 10.5 Å². The van der Waals surface area contributed by atoms with E-state index in [9.17, 15) is 9.59 Å². The standard InChI is InChI=1S/C19H19ClN4O3S/c1-21-9-16(8-13-3-2-4-14(20)7-13)28-12-22-19(26)17-5-6-18(25)24(23-17)15-10-27-11-15/h2-7,9,15H,1,8,10-12H2,(H,22,26)/b16-9-. The molecule has 1 saturated heterocycles. The zero-order valence-electron chi connectivity index (χ0n) is 15.0. The highest BCUT2D eigenvalue weighted by Crippen LogP contribution is 2.22. The minimum absolute atomic E-state index is 0.111. The first kappa shape index (κ1) is 20.3. The van der Waals surface area contributed by atoms with Crippen LogP contribution in [-0.2, 0) is 11.2 Å². The predicted molar refractivity (Wildman–Crippen MR) is 111 cm³/mol. The normalized spacial score (nSPS) is 14.4. The molecular formula is C19H19ClN4O3S. The van der Waals surface area contributed by atoms with Crippen molar-refractivity contribution in [2.24, 2.45) is 4.99 Å². The molecule has 0 unspecified atom stereocenters. The molecule has 0 bridgehead atoms. The number of thioether (sulfide) groups is 1. The van der Waals surface area contributed by atoms with Gasteiger partial charge in [0.25, 0.3) is 11.5 Å². The molecule has 0 radical (unpaired) electrons. The molecule has 28 heavy (non-hydrogen) atoms. The number of aliphatic imine (C=N–C) groups is 1. The van der Waals surface area contributed by atoms with Crippen LogP contribution in [0.3, 0.4) is 0 Å². The summed E-state index contributed by atoms with van der Waals surface area (Å²) >= 11 is 7.46. The van der Waals surface area contributed by atoms with Gasteiger partial charge in [0.15, 0.2) is 0 Å². The third-order valence-corrected chi connectivity index (χ3v) is 5.16. The molecule has 1 aromatic carbocycles. The van der Waals surface area contributed by atoms with E-state index < -0.39 is 0 Å². The molecule has 0 saturated carbocycles. The van der Waals surface area contributed by atoms with Crippen LogP contribution in [0.1, 0.15) is 22.1 Å². The maximum absolute atomic E-state index is 12.4. The fourth-order valence-electron chi connectivity index (χ4n) is 2.54. The van der Waals surface area contributed by atoms with Crippen LogP contribution < -0.4 is 10.9 Å². The van der Waals surface area contributed by atoms with Gasteiger partial charge >= 0.3 is 0 Å². The maximum atomic E-state index is 12.4. The van der Waals surface area contributed by atoms with Gasteiger partial charge in [0, 0.05) is 28.6 Å². The molecule has 146 valence electrons. The Kier molecular flexibility index (Phi) is 7.02. The molecule has 2 aromatic rings. The molecule has 1 aliphatic rings. The summed E-state index contributed by atoms with van der Waals surface area (Å²) in [6, 6.07) is 10.2. The van der Waals surface area contributed by atoms with Crippen LogP contribution >= 0.6 is 23.4 Å². The van der Waals surface area contributed by atoms with Crippen molar-refractivity contribution in [1.29, 1.82) is 0 Å². The lowest BCUT2D eigenvalue weighted by Crippen LogP contribution is -2.40. The SMILES string of the molecule is C=N/C=C(/Cc1cccc(Cl)c1)SCNC(=O)c1ccc(=O)n(C2COC2)n1. The van der Waals surface area contributed by atoms with Gasteiger partial charge in [-0.25, -0.2) is 4.68 Å². The quantitative estimate of drug-likeness (QED) is 0.526. The number of aromatic nitrogens is 2. The summed E-state index contributed by atoms with van der Waals surface area (Å²) < 4.78 is 6.39. The zero-order valence-corrected chi connectivity index (χ0v) is 16.6. The Morgan fingerprint density at radius 3 is 2.93 bits per heavy atom. The fourth-order valence-corrected chi connectivity index (χ4v) is 3.56. The van der Waals surface area contributed by atoms with E-state index in [1.54, 1.807) is 6.20 Å². The second kappa shape index (κ2) is 9.68. The van der Waals surface area contributed by atoms with Crippen LogP contribution in [0.15, 0.2) is 57.3 Å². The van der Waals surface area contributed by atoms with Gasteiger partial charge in [-0.15, -0.1) is 11.8 Å². The monoisotopic (exact) mass is 418 g/mol. The molecule has 1 aromatic heterocycles. The van der Waals surface area contributed by atoms with Gasteiger partial charge in [0.1, 0.15) is 11.7 Å². The Morgan fingerprint density at radius 2 is 2.25 bits per heavy atom. The molecule has 1 fully saturated rings. The first-order valence-electron chi connectivity index (χ1n) is 8.55. The van der Waals surface area contributed by atoms with Gasteiger partial charge in [0.05, 0.1) is 19.1 Å². The number of ether oxygens (including phenoxy) is 1. The van der Waals surface area contributed by atoms with E-state index in [0.29, 0.717) is 30.5 Å². The van der Waals surface area contributed by atoms with Crippen LogP contribution in [-0.4, -0.2) is 41.5 Å². The Labute approximate surface area is 171 Å². The zero-order chi connectivity index (χ0) is 19.9. The molecule has 1 aliphatic heterocycles. The third kappa shape index (κ3) is 5.31. The summed E-state index contributed by atoms with van der Waals surface area (Å²) in [6.07, 6.45) is 2.29. The van der Waals surface area contributed by atoms with E-state index in [1.807, 2.05) is 24.3 Å². The van der Waals surface area contributed by atoms with Crippen LogP contribution in [0.2, 0.25) is 5.02 Å². The van der Waals surface area contributed by atoms with Gasteiger partial charge in [0.2, 0.25) is 0 Å². The number of benzene rings is 1. The van der Waals surface area contributed by atoms with E-state index in [4.69, 9.17) is 16.3 Å². The molecule has 3 rings (SSSR count). The summed E-state index contributed by atoms with van der Waals surface area (Å²) in [5.74, 6) is -0.0242. The summed E-state index contributed by atoms with van der Waals surface area (Å²) in [5, 5.41) is 7.61. The van der Waals surface area contributed by atoms with E-state index in [1.165, 1.54) is 28.6 Å². The predicted octanol–water partition coefficient (Wildman–Crippen LogP) is 2.67. The van der Waals surface area contributed by atoms with Gasteiger partial charge in [-0.1, -0.05) is 23.7 Å². The molecule has 0 aliphatic carbocycles. The Balaban J connectivity index is 1.58. The second-order valence-electron chi connectivity index (χ2n) is 6.07. The summed E-state index contributed by atoms with van der Waals surface area (Å²) in [7, 11) is 0. The lowest BCUT2D eigenvalue weighted by molar-refractivity contribution is -0.0309. The number of halogens is 1. The molecule has 0 atom stereocenters. The Bertz CT molecular complexity index is 956. The largest absolute Gasteiger partial charge is 0.377 e. The smallest absolute Gasteiger partial charge is 0.272 e. The molecule has 2 heterocycles. The number of hydrogen-bond donors (Lipinski definition) is 1. The second-order valence-corrected chi connectivity index (χ2v) is 7.61. The first-order valence-corrected chi connectivity index (χ1v) is 9.91. The van der Waals surface area contributed by atoms with Gasteiger partial charge in [-0.05, 0) is 30.5 Å². The maximum Gasteiger partial charge on any atom is 0.272 e. The average Bonchev–Trinajstić information content (AvgIpc) is 2.62. The molecule has 1 N–H and O–H groups in total. The number of allylic oxidation sites excluding steroid dienone is 1. The lowest BCUT2D eigenvalue weighted by atomic mass is 10.1. The minimum Gasteiger partial charge on any atom is -0.377 e. The van der Waals surface area contributed by atoms with Crippen molar-refractivity contribution in [3.05, 3.63) is 74.1 Å². The van der Waals surface area contributed by atoms with Crippen molar-refractivity contribution < 1.29 is 9.53 Å². The molecule has 9 heteroatoms. The molecular weight excluding hydrogens is 400 g/mol. The van der Waals surface area contributed by atoms with Crippen LogP contribution in [0.25, 0.3) is 0 Å². The van der Waals surface area contributed by atoms with Crippen molar-refractivity contribution in [3.63, 3.8) is 0 Å². The third-order valence-electron chi connectivity index (χ3n) is 4.02. The summed E-state index contributed by atoms with van der Waals surface area (Å²) in [6.45, 7) is 4.35. The van der Waals surface area contributed by atoms with Gasteiger partial charge in [-0.3, -0.25) is 14.6 Å². The van der Waals surface area contributed by atoms with Crippen molar-refractivity contribution in [3.8, 4) is 0 Å². The lowest BCUT2D eigenvalue weighted by Gasteiger charge is -2.26.